The second-order valence-corrected chi connectivity index (χ2v) is 6.64. The molecule has 0 spiro atoms. The van der Waals surface area contributed by atoms with Gasteiger partial charge >= 0.3 is 5.97 Å². The van der Waals surface area contributed by atoms with E-state index in [0.29, 0.717) is 33.1 Å². The molecule has 6 heteroatoms. The third kappa shape index (κ3) is 2.47. The van der Waals surface area contributed by atoms with Crippen molar-refractivity contribution < 1.29 is 19.1 Å². The number of carbonyl (C=O) groups is 2. The van der Waals surface area contributed by atoms with Gasteiger partial charge in [-0.15, -0.1) is 0 Å². The van der Waals surface area contributed by atoms with Crippen molar-refractivity contribution in [2.45, 2.75) is 19.3 Å². The lowest BCUT2D eigenvalue weighted by molar-refractivity contribution is -0.135. The first kappa shape index (κ1) is 16.7. The average molecular weight is 370 g/mol. The van der Waals surface area contributed by atoms with Gasteiger partial charge in [-0.2, -0.15) is 0 Å². The average Bonchev–Trinajstić information content (AvgIpc) is 2.94. The normalized spacial score (nSPS) is 16.3. The Morgan fingerprint density at radius 3 is 2.77 bits per heavy atom. The number of benzene rings is 2. The fourth-order valence-electron chi connectivity index (χ4n) is 3.64. The fraction of sp³-hybridized carbons (Fsp3) is 0.200. The molecule has 0 bridgehead atoms. The zero-order valence-corrected chi connectivity index (χ0v) is 15.0. The van der Waals surface area contributed by atoms with Crippen LogP contribution in [0.3, 0.4) is 0 Å². The van der Waals surface area contributed by atoms with Gasteiger partial charge in [0.15, 0.2) is 5.75 Å². The number of hydrogen-bond acceptors (Lipinski definition) is 4. The molecule has 0 fully saturated rings. The van der Waals surface area contributed by atoms with Gasteiger partial charge in [-0.05, 0) is 24.3 Å². The van der Waals surface area contributed by atoms with Crippen molar-refractivity contribution in [3.05, 3.63) is 58.7 Å². The maximum Gasteiger partial charge on any atom is 0.312 e. The first-order chi connectivity index (χ1) is 12.5. The van der Waals surface area contributed by atoms with E-state index in [2.05, 4.69) is 0 Å². The molecule has 0 saturated carbocycles. The lowest BCUT2D eigenvalue weighted by Crippen LogP contribution is -2.24. The fourth-order valence-corrected chi connectivity index (χ4v) is 3.81. The van der Waals surface area contributed by atoms with Gasteiger partial charge in [0, 0.05) is 28.8 Å². The topological polar surface area (TPSA) is 57.5 Å². The van der Waals surface area contributed by atoms with Gasteiger partial charge in [-0.1, -0.05) is 29.8 Å². The molecule has 0 radical (unpaired) electrons. The number of nitrogens with zero attached hydrogens (tertiary/aromatic N) is 1. The number of aromatic nitrogens is 1. The number of para-hydroxylation sites is 1. The summed E-state index contributed by atoms with van der Waals surface area (Å²) in [6.45, 7) is 1.48. The highest BCUT2D eigenvalue weighted by atomic mass is 35.5. The van der Waals surface area contributed by atoms with E-state index in [1.165, 1.54) is 6.92 Å². The largest absolute Gasteiger partial charge is 0.496 e. The van der Waals surface area contributed by atoms with Crippen molar-refractivity contribution in [1.82, 2.24) is 4.57 Å². The van der Waals surface area contributed by atoms with E-state index in [-0.39, 0.29) is 24.2 Å². The number of ether oxygens (including phenoxy) is 2. The van der Waals surface area contributed by atoms with Crippen LogP contribution in [0.4, 0.5) is 0 Å². The predicted octanol–water partition coefficient (Wildman–Crippen LogP) is 4.40. The minimum atomic E-state index is -0.350. The molecule has 0 saturated heterocycles. The predicted molar refractivity (Wildman–Crippen MR) is 98.3 cm³/mol. The molecule has 0 N–H and O–H groups in total. The molecule has 2 aromatic carbocycles. The number of esters is 1. The van der Waals surface area contributed by atoms with Gasteiger partial charge in [0.05, 0.1) is 24.7 Å². The van der Waals surface area contributed by atoms with Crippen molar-refractivity contribution in [3.63, 3.8) is 0 Å². The van der Waals surface area contributed by atoms with Crippen molar-refractivity contribution in [2.24, 2.45) is 0 Å². The number of rotatable bonds is 2. The second kappa shape index (κ2) is 6.18. The van der Waals surface area contributed by atoms with Gasteiger partial charge in [-0.25, -0.2) is 0 Å². The summed E-state index contributed by atoms with van der Waals surface area (Å²) in [6.07, 6.45) is 0.130. The van der Waals surface area contributed by atoms with Crippen LogP contribution >= 0.6 is 11.6 Å². The minimum Gasteiger partial charge on any atom is -0.496 e. The van der Waals surface area contributed by atoms with Gasteiger partial charge in [0.1, 0.15) is 5.75 Å². The molecule has 26 heavy (non-hydrogen) atoms. The van der Waals surface area contributed by atoms with Crippen LogP contribution in [-0.2, 0) is 4.79 Å². The molecule has 4 rings (SSSR count). The summed E-state index contributed by atoms with van der Waals surface area (Å²) in [5, 5.41) is 1.20. The quantitative estimate of drug-likeness (QED) is 0.628. The first-order valence-corrected chi connectivity index (χ1v) is 8.57. The first-order valence-electron chi connectivity index (χ1n) is 8.19. The van der Waals surface area contributed by atoms with Crippen LogP contribution in [0.2, 0.25) is 5.02 Å². The maximum absolute atomic E-state index is 12.5. The summed E-state index contributed by atoms with van der Waals surface area (Å²) < 4.78 is 12.6. The summed E-state index contributed by atoms with van der Waals surface area (Å²) >= 11 is 6.14. The molecular weight excluding hydrogens is 354 g/mol. The van der Waals surface area contributed by atoms with Crippen molar-refractivity contribution in [3.8, 4) is 11.5 Å². The second-order valence-electron chi connectivity index (χ2n) is 6.20. The van der Waals surface area contributed by atoms with E-state index in [1.54, 1.807) is 29.9 Å². The molecule has 5 nitrogen and oxygen atoms in total. The van der Waals surface area contributed by atoms with Gasteiger partial charge in [0.2, 0.25) is 5.91 Å². The SMILES string of the molecule is COc1ccccc1C1CC(=O)Oc2c1n(C(C)=O)c1cc(Cl)ccc21. The summed E-state index contributed by atoms with van der Waals surface area (Å²) in [4.78, 5) is 24.8. The Kier molecular flexibility index (Phi) is 3.96. The van der Waals surface area contributed by atoms with Gasteiger partial charge < -0.3 is 9.47 Å². The van der Waals surface area contributed by atoms with Crippen LogP contribution in [0.15, 0.2) is 42.5 Å². The maximum atomic E-state index is 12.5. The summed E-state index contributed by atoms with van der Waals surface area (Å²) in [5.74, 6) is 0.218. The van der Waals surface area contributed by atoms with E-state index in [1.807, 2.05) is 24.3 Å². The molecule has 1 aliphatic heterocycles. The summed E-state index contributed by atoms with van der Waals surface area (Å²) in [7, 11) is 1.58. The van der Waals surface area contributed by atoms with Crippen LogP contribution in [0.1, 0.15) is 35.3 Å². The highest BCUT2D eigenvalue weighted by Gasteiger charge is 2.36. The molecule has 1 atom stereocenters. The van der Waals surface area contributed by atoms with Crippen LogP contribution in [-0.4, -0.2) is 23.6 Å². The minimum absolute atomic E-state index is 0.130. The Morgan fingerprint density at radius 2 is 2.04 bits per heavy atom. The lowest BCUT2D eigenvalue weighted by Gasteiger charge is -2.25. The number of hydrogen-bond donors (Lipinski definition) is 0. The number of carbonyl (C=O) groups excluding carboxylic acids is 2. The smallest absolute Gasteiger partial charge is 0.312 e. The Morgan fingerprint density at radius 1 is 1.27 bits per heavy atom. The van der Waals surface area contributed by atoms with Gasteiger partial charge in [-0.3, -0.25) is 14.2 Å². The molecule has 1 aliphatic rings. The van der Waals surface area contributed by atoms with E-state index < -0.39 is 0 Å². The lowest BCUT2D eigenvalue weighted by atomic mass is 9.89. The molecule has 132 valence electrons. The molecule has 0 amide bonds. The zero-order valence-electron chi connectivity index (χ0n) is 14.3. The standard InChI is InChI=1S/C20H16ClNO4/c1-11(23)22-16-9-12(21)7-8-14(16)20-19(22)15(10-18(24)26-20)13-5-3-4-6-17(13)25-2/h3-9,15H,10H2,1-2H3. The number of halogens is 1. The molecule has 3 aromatic rings. The highest BCUT2D eigenvalue weighted by Crippen LogP contribution is 2.47. The van der Waals surface area contributed by atoms with E-state index in [4.69, 9.17) is 21.1 Å². The number of fused-ring (bicyclic) bond motifs is 3. The Hall–Kier alpha value is -2.79. The third-order valence-corrected chi connectivity index (χ3v) is 4.90. The monoisotopic (exact) mass is 369 g/mol. The Bertz CT molecular complexity index is 1050. The molecule has 0 aliphatic carbocycles. The molecule has 1 aromatic heterocycles. The van der Waals surface area contributed by atoms with Crippen LogP contribution in [0.5, 0.6) is 11.5 Å². The van der Waals surface area contributed by atoms with Crippen LogP contribution < -0.4 is 9.47 Å². The van der Waals surface area contributed by atoms with Gasteiger partial charge in [0.25, 0.3) is 0 Å². The summed E-state index contributed by atoms with van der Waals surface area (Å²) in [5.41, 5.74) is 2.12. The molecule has 1 unspecified atom stereocenters. The zero-order chi connectivity index (χ0) is 18.4. The van der Waals surface area contributed by atoms with Crippen molar-refractivity contribution in [2.75, 3.05) is 7.11 Å². The van der Waals surface area contributed by atoms with Crippen LogP contribution in [0, 0.1) is 0 Å². The Balaban J connectivity index is 2.07. The number of methoxy groups -OCH3 is 1. The molecule has 2 heterocycles. The van der Waals surface area contributed by atoms with E-state index in [0.717, 1.165) is 5.56 Å². The molecular formula is C20H16ClNO4. The van der Waals surface area contributed by atoms with E-state index in [9.17, 15) is 9.59 Å². The summed E-state index contributed by atoms with van der Waals surface area (Å²) in [6, 6.07) is 12.7. The third-order valence-electron chi connectivity index (χ3n) is 4.66. The van der Waals surface area contributed by atoms with Crippen molar-refractivity contribution >= 4 is 34.4 Å². The van der Waals surface area contributed by atoms with E-state index >= 15 is 0 Å². The highest BCUT2D eigenvalue weighted by molar-refractivity contribution is 6.31. The van der Waals surface area contributed by atoms with Crippen LogP contribution in [0.25, 0.3) is 10.9 Å². The Labute approximate surface area is 155 Å². The van der Waals surface area contributed by atoms with Crippen molar-refractivity contribution in [1.29, 1.82) is 0 Å².